The van der Waals surface area contributed by atoms with E-state index in [4.69, 9.17) is 5.11 Å². The highest BCUT2D eigenvalue weighted by molar-refractivity contribution is 7.99. The van der Waals surface area contributed by atoms with Crippen LogP contribution in [0.25, 0.3) is 0 Å². The van der Waals surface area contributed by atoms with Gasteiger partial charge in [0.05, 0.1) is 4.90 Å². The fourth-order valence-corrected chi connectivity index (χ4v) is 2.50. The highest BCUT2D eigenvalue weighted by Gasteiger charge is 2.14. The molecule has 1 aromatic rings. The maximum absolute atomic E-state index is 11.8. The average molecular weight is 261 g/mol. The van der Waals surface area contributed by atoms with Crippen LogP contribution in [0.5, 0.6) is 5.75 Å². The predicted molar refractivity (Wildman–Crippen MR) is 66.3 cm³/mol. The first-order valence-corrected chi connectivity index (χ1v) is 7.54. The molecule has 0 bridgehead atoms. The van der Waals surface area contributed by atoms with E-state index in [1.54, 1.807) is 11.8 Å². The van der Waals surface area contributed by atoms with Gasteiger partial charge < -0.3 is 5.11 Å². The molecule has 0 fully saturated rings. The monoisotopic (exact) mass is 261 g/mol. The number of benzene rings is 1. The number of rotatable bonds is 5. The van der Waals surface area contributed by atoms with Gasteiger partial charge in [-0.25, -0.2) is 13.1 Å². The minimum atomic E-state index is -3.46. The van der Waals surface area contributed by atoms with E-state index in [0.717, 1.165) is 0 Å². The van der Waals surface area contributed by atoms with Crippen molar-refractivity contribution in [3.8, 4) is 5.75 Å². The molecule has 2 N–H and O–H groups in total. The van der Waals surface area contributed by atoms with Crippen molar-refractivity contribution in [2.24, 2.45) is 0 Å². The van der Waals surface area contributed by atoms with Crippen LogP contribution in [0.4, 0.5) is 0 Å². The van der Waals surface area contributed by atoms with Crippen molar-refractivity contribution in [3.63, 3.8) is 0 Å². The van der Waals surface area contributed by atoms with Gasteiger partial charge in [0.15, 0.2) is 0 Å². The second kappa shape index (κ2) is 5.56. The summed E-state index contributed by atoms with van der Waals surface area (Å²) >= 11 is 1.60. The van der Waals surface area contributed by atoms with E-state index < -0.39 is 10.0 Å². The van der Waals surface area contributed by atoms with Gasteiger partial charge in [0.2, 0.25) is 10.0 Å². The van der Waals surface area contributed by atoms with Gasteiger partial charge in [-0.05, 0) is 30.5 Å². The largest absolute Gasteiger partial charge is 0.508 e. The van der Waals surface area contributed by atoms with Crippen LogP contribution < -0.4 is 4.72 Å². The minimum Gasteiger partial charge on any atom is -0.508 e. The van der Waals surface area contributed by atoms with Crippen LogP contribution >= 0.6 is 11.8 Å². The third kappa shape index (κ3) is 3.70. The number of aromatic hydroxyl groups is 1. The van der Waals surface area contributed by atoms with E-state index in [-0.39, 0.29) is 15.9 Å². The number of phenols is 1. The quantitative estimate of drug-likeness (QED) is 0.841. The Hall–Kier alpha value is -0.720. The molecule has 0 spiro atoms. The molecular weight excluding hydrogens is 246 g/mol. The van der Waals surface area contributed by atoms with Crippen LogP contribution in [0.2, 0.25) is 0 Å². The molecule has 1 aromatic carbocycles. The van der Waals surface area contributed by atoms with Crippen molar-refractivity contribution in [2.75, 3.05) is 12.8 Å². The number of thioether (sulfide) groups is 1. The summed E-state index contributed by atoms with van der Waals surface area (Å²) in [6.07, 6.45) is 1.93. The molecule has 0 aliphatic heterocycles. The molecule has 1 atom stereocenters. The number of hydrogen-bond donors (Lipinski definition) is 2. The Bertz CT molecular complexity index is 428. The zero-order valence-electron chi connectivity index (χ0n) is 9.17. The van der Waals surface area contributed by atoms with Crippen molar-refractivity contribution >= 4 is 21.8 Å². The maximum atomic E-state index is 11.8. The lowest BCUT2D eigenvalue weighted by molar-refractivity contribution is 0.474. The van der Waals surface area contributed by atoms with E-state index >= 15 is 0 Å². The zero-order valence-corrected chi connectivity index (χ0v) is 10.8. The molecule has 16 heavy (non-hydrogen) atoms. The SMILES string of the molecule is CSC(C)CNS(=O)(=O)c1ccc(O)cc1. The Kier molecular flexibility index (Phi) is 4.64. The smallest absolute Gasteiger partial charge is 0.240 e. The Labute approximate surface area is 100 Å². The Morgan fingerprint density at radius 2 is 1.94 bits per heavy atom. The first kappa shape index (κ1) is 13.3. The van der Waals surface area contributed by atoms with Gasteiger partial charge >= 0.3 is 0 Å². The zero-order chi connectivity index (χ0) is 12.2. The van der Waals surface area contributed by atoms with E-state index in [2.05, 4.69) is 4.72 Å². The first-order chi connectivity index (χ1) is 7.45. The summed E-state index contributed by atoms with van der Waals surface area (Å²) in [7, 11) is -3.46. The van der Waals surface area contributed by atoms with Gasteiger partial charge in [-0.1, -0.05) is 6.92 Å². The second-order valence-corrected chi connectivity index (χ2v) is 6.44. The maximum Gasteiger partial charge on any atom is 0.240 e. The fourth-order valence-electron chi connectivity index (χ4n) is 1.02. The number of sulfonamides is 1. The summed E-state index contributed by atoms with van der Waals surface area (Å²) in [5.41, 5.74) is 0. The van der Waals surface area contributed by atoms with Crippen LogP contribution in [0.3, 0.4) is 0 Å². The van der Waals surface area contributed by atoms with E-state index in [1.807, 2.05) is 13.2 Å². The molecule has 4 nitrogen and oxygen atoms in total. The third-order valence-electron chi connectivity index (χ3n) is 2.11. The minimum absolute atomic E-state index is 0.0523. The summed E-state index contributed by atoms with van der Waals surface area (Å²) in [6.45, 7) is 2.34. The lowest BCUT2D eigenvalue weighted by Crippen LogP contribution is -2.29. The molecule has 0 heterocycles. The standard InChI is InChI=1S/C10H15NO3S2/c1-8(15-2)7-11-16(13,14)10-5-3-9(12)4-6-10/h3-6,8,11-12H,7H2,1-2H3. The molecule has 1 unspecified atom stereocenters. The normalized spacial score (nSPS) is 13.6. The molecule has 0 aliphatic carbocycles. The highest BCUT2D eigenvalue weighted by Crippen LogP contribution is 2.14. The van der Waals surface area contributed by atoms with E-state index in [9.17, 15) is 8.42 Å². The molecular formula is C10H15NO3S2. The molecule has 0 amide bonds. The molecule has 0 saturated heterocycles. The topological polar surface area (TPSA) is 66.4 Å². The lowest BCUT2D eigenvalue weighted by atomic mass is 10.3. The lowest BCUT2D eigenvalue weighted by Gasteiger charge is -2.10. The molecule has 0 radical (unpaired) electrons. The molecule has 0 saturated carbocycles. The molecule has 6 heteroatoms. The van der Waals surface area contributed by atoms with E-state index in [0.29, 0.717) is 6.54 Å². The van der Waals surface area contributed by atoms with Gasteiger partial charge in [0.25, 0.3) is 0 Å². The van der Waals surface area contributed by atoms with Crippen LogP contribution in [0, 0.1) is 0 Å². The Balaban J connectivity index is 2.74. The van der Waals surface area contributed by atoms with Crippen molar-refractivity contribution in [1.29, 1.82) is 0 Å². The second-order valence-electron chi connectivity index (χ2n) is 3.39. The summed E-state index contributed by atoms with van der Waals surface area (Å²) < 4.78 is 26.0. The van der Waals surface area contributed by atoms with Gasteiger partial charge in [-0.3, -0.25) is 0 Å². The number of hydrogen-bond acceptors (Lipinski definition) is 4. The first-order valence-electron chi connectivity index (χ1n) is 4.77. The summed E-state index contributed by atoms with van der Waals surface area (Å²) in [4.78, 5) is 0.165. The molecule has 0 aliphatic rings. The van der Waals surface area contributed by atoms with Gasteiger partial charge in [0.1, 0.15) is 5.75 Å². The van der Waals surface area contributed by atoms with Crippen LogP contribution in [-0.4, -0.2) is 31.6 Å². The number of nitrogens with one attached hydrogen (secondary N) is 1. The van der Waals surface area contributed by atoms with Gasteiger partial charge in [-0.2, -0.15) is 11.8 Å². The Morgan fingerprint density at radius 3 is 2.44 bits per heavy atom. The molecule has 0 aromatic heterocycles. The predicted octanol–water partition coefficient (Wildman–Crippen LogP) is 1.42. The molecule has 90 valence electrons. The van der Waals surface area contributed by atoms with Crippen LogP contribution in [-0.2, 0) is 10.0 Å². The van der Waals surface area contributed by atoms with Crippen LogP contribution in [0.1, 0.15) is 6.92 Å². The van der Waals surface area contributed by atoms with Gasteiger partial charge in [0, 0.05) is 11.8 Å². The highest BCUT2D eigenvalue weighted by atomic mass is 32.2. The van der Waals surface area contributed by atoms with Gasteiger partial charge in [-0.15, -0.1) is 0 Å². The van der Waals surface area contributed by atoms with Crippen molar-refractivity contribution in [2.45, 2.75) is 17.1 Å². The van der Waals surface area contributed by atoms with Crippen molar-refractivity contribution in [3.05, 3.63) is 24.3 Å². The van der Waals surface area contributed by atoms with Crippen molar-refractivity contribution < 1.29 is 13.5 Å². The summed E-state index contributed by atoms with van der Waals surface area (Å²) in [5.74, 6) is 0.0523. The fraction of sp³-hybridized carbons (Fsp3) is 0.400. The van der Waals surface area contributed by atoms with Crippen LogP contribution in [0.15, 0.2) is 29.2 Å². The van der Waals surface area contributed by atoms with Crippen molar-refractivity contribution in [1.82, 2.24) is 4.72 Å². The average Bonchev–Trinajstić information content (AvgIpc) is 2.26. The third-order valence-corrected chi connectivity index (χ3v) is 4.52. The molecule has 1 rings (SSSR count). The summed E-state index contributed by atoms with van der Waals surface area (Å²) in [5, 5.41) is 9.29. The van der Waals surface area contributed by atoms with E-state index in [1.165, 1.54) is 24.3 Å². The Morgan fingerprint density at radius 1 is 1.38 bits per heavy atom. The summed E-state index contributed by atoms with van der Waals surface area (Å²) in [6, 6.07) is 5.46. The number of phenolic OH excluding ortho intramolecular Hbond substituents is 1.